The molecule has 32 heavy (non-hydrogen) atoms. The van der Waals surface area contributed by atoms with Gasteiger partial charge in [-0.1, -0.05) is 0 Å². The smallest absolute Gasteiger partial charge is 0.288 e. The number of nitro groups is 1. The SMILES string of the molecule is CS(=O)(=O)c1ccc(C(=O)Nc2ccc(S(=O)(=O)NCc3ccco3)cc2)cc1[N+](=O)[O-]. The van der Waals surface area contributed by atoms with Crippen molar-refractivity contribution in [1.29, 1.82) is 0 Å². The van der Waals surface area contributed by atoms with Crippen molar-refractivity contribution in [2.24, 2.45) is 0 Å². The van der Waals surface area contributed by atoms with E-state index >= 15 is 0 Å². The first kappa shape index (κ1) is 23.1. The van der Waals surface area contributed by atoms with Crippen molar-refractivity contribution in [3.63, 3.8) is 0 Å². The highest BCUT2D eigenvalue weighted by atomic mass is 32.2. The summed E-state index contributed by atoms with van der Waals surface area (Å²) in [7, 11) is -7.68. The zero-order valence-electron chi connectivity index (χ0n) is 16.5. The number of carbonyl (C=O) groups is 1. The Bertz CT molecular complexity index is 1360. The number of hydrogen-bond acceptors (Lipinski definition) is 8. The first-order chi connectivity index (χ1) is 15.0. The first-order valence-electron chi connectivity index (χ1n) is 8.89. The second-order valence-corrected chi connectivity index (χ2v) is 10.3. The van der Waals surface area contributed by atoms with Gasteiger partial charge in [-0.15, -0.1) is 0 Å². The molecule has 0 aliphatic heterocycles. The van der Waals surface area contributed by atoms with Crippen LogP contribution in [-0.4, -0.2) is 33.9 Å². The Morgan fingerprint density at radius 2 is 1.75 bits per heavy atom. The van der Waals surface area contributed by atoms with Crippen LogP contribution in [0, 0.1) is 10.1 Å². The number of sulfone groups is 1. The van der Waals surface area contributed by atoms with E-state index in [0.29, 0.717) is 5.76 Å². The molecule has 1 heterocycles. The minimum absolute atomic E-state index is 0.0317. The second-order valence-electron chi connectivity index (χ2n) is 6.59. The van der Waals surface area contributed by atoms with Gasteiger partial charge in [0, 0.05) is 23.6 Å². The van der Waals surface area contributed by atoms with Crippen LogP contribution in [0.15, 0.2) is 75.1 Å². The van der Waals surface area contributed by atoms with Crippen molar-refractivity contribution in [2.75, 3.05) is 11.6 Å². The summed E-state index contributed by atoms with van der Waals surface area (Å²) in [6.07, 6.45) is 2.25. The second kappa shape index (κ2) is 8.90. The monoisotopic (exact) mass is 479 g/mol. The Hall–Kier alpha value is -3.55. The number of nitrogens with zero attached hydrogens (tertiary/aromatic N) is 1. The molecule has 1 aromatic heterocycles. The van der Waals surface area contributed by atoms with E-state index in [1.54, 1.807) is 12.1 Å². The number of nitrogens with one attached hydrogen (secondary N) is 2. The van der Waals surface area contributed by atoms with Gasteiger partial charge in [-0.25, -0.2) is 21.6 Å². The maximum absolute atomic E-state index is 12.4. The summed E-state index contributed by atoms with van der Waals surface area (Å²) < 4.78 is 55.5. The van der Waals surface area contributed by atoms with Crippen LogP contribution in [0.1, 0.15) is 16.1 Å². The third kappa shape index (κ3) is 5.38. The van der Waals surface area contributed by atoms with Crippen LogP contribution in [0.2, 0.25) is 0 Å². The average Bonchev–Trinajstić information content (AvgIpc) is 3.25. The molecule has 0 radical (unpaired) electrons. The molecule has 0 spiro atoms. The van der Waals surface area contributed by atoms with Gasteiger partial charge in [0.1, 0.15) is 10.7 Å². The molecule has 3 aromatic rings. The summed E-state index contributed by atoms with van der Waals surface area (Å²) in [5.74, 6) is -0.298. The Morgan fingerprint density at radius 3 is 2.31 bits per heavy atom. The Morgan fingerprint density at radius 1 is 1.06 bits per heavy atom. The van der Waals surface area contributed by atoms with Crippen LogP contribution >= 0.6 is 0 Å². The van der Waals surface area contributed by atoms with Crippen molar-refractivity contribution < 1.29 is 31.0 Å². The van der Waals surface area contributed by atoms with Crippen molar-refractivity contribution in [1.82, 2.24) is 4.72 Å². The van der Waals surface area contributed by atoms with Gasteiger partial charge in [-0.2, -0.15) is 0 Å². The quantitative estimate of drug-likeness (QED) is 0.367. The lowest BCUT2D eigenvalue weighted by Crippen LogP contribution is -2.23. The number of rotatable bonds is 8. The zero-order chi connectivity index (χ0) is 23.5. The van der Waals surface area contributed by atoms with Crippen molar-refractivity contribution in [2.45, 2.75) is 16.3 Å². The molecule has 0 aliphatic rings. The highest BCUT2D eigenvalue weighted by Gasteiger charge is 2.24. The van der Waals surface area contributed by atoms with Crippen LogP contribution in [0.4, 0.5) is 11.4 Å². The Kier molecular flexibility index (Phi) is 6.43. The molecule has 0 saturated carbocycles. The van der Waals surface area contributed by atoms with Crippen molar-refractivity contribution in [3.05, 3.63) is 82.3 Å². The molecule has 11 nitrogen and oxygen atoms in total. The van der Waals surface area contributed by atoms with E-state index in [4.69, 9.17) is 4.42 Å². The minimum Gasteiger partial charge on any atom is -0.468 e. The van der Waals surface area contributed by atoms with Gasteiger partial charge in [0.25, 0.3) is 11.6 Å². The number of sulfonamides is 1. The van der Waals surface area contributed by atoms with Gasteiger partial charge in [-0.3, -0.25) is 14.9 Å². The molecule has 0 atom stereocenters. The topological polar surface area (TPSA) is 166 Å². The van der Waals surface area contributed by atoms with Crippen molar-refractivity contribution >= 4 is 37.1 Å². The summed E-state index contributed by atoms with van der Waals surface area (Å²) in [6.45, 7) is -0.0317. The molecule has 3 rings (SSSR count). The number of hydrogen-bond donors (Lipinski definition) is 2. The van der Waals surface area contributed by atoms with E-state index < -0.39 is 41.3 Å². The van der Waals surface area contributed by atoms with Gasteiger partial charge in [0.05, 0.1) is 22.6 Å². The van der Waals surface area contributed by atoms with E-state index in [0.717, 1.165) is 24.5 Å². The molecular formula is C19H17N3O8S2. The summed E-state index contributed by atoms with van der Waals surface area (Å²) in [6, 6.07) is 11.5. The van der Waals surface area contributed by atoms with Crippen molar-refractivity contribution in [3.8, 4) is 0 Å². The third-order valence-corrected chi connectivity index (χ3v) is 6.82. The summed E-state index contributed by atoms with van der Waals surface area (Å²) >= 11 is 0. The Balaban J connectivity index is 1.74. The lowest BCUT2D eigenvalue weighted by atomic mass is 10.2. The summed E-state index contributed by atoms with van der Waals surface area (Å²) in [5.41, 5.74) is -0.625. The fraction of sp³-hybridized carbons (Fsp3) is 0.105. The zero-order valence-corrected chi connectivity index (χ0v) is 18.1. The largest absolute Gasteiger partial charge is 0.468 e. The lowest BCUT2D eigenvalue weighted by molar-refractivity contribution is -0.387. The molecule has 168 valence electrons. The number of benzene rings is 2. The Labute approximate surface area is 183 Å². The van der Waals surface area contributed by atoms with Crippen LogP contribution < -0.4 is 10.0 Å². The van der Waals surface area contributed by atoms with Gasteiger partial charge < -0.3 is 9.73 Å². The van der Waals surface area contributed by atoms with Gasteiger partial charge in [0.15, 0.2) is 9.84 Å². The first-order valence-corrected chi connectivity index (χ1v) is 12.3. The fourth-order valence-corrected chi connectivity index (χ4v) is 4.52. The van der Waals surface area contributed by atoms with E-state index in [2.05, 4.69) is 10.0 Å². The molecule has 2 N–H and O–H groups in total. The van der Waals surface area contributed by atoms with E-state index in [1.807, 2.05) is 0 Å². The van der Waals surface area contributed by atoms with Gasteiger partial charge in [-0.05, 0) is 48.5 Å². The number of furan rings is 1. The minimum atomic E-state index is -3.86. The molecule has 1 amide bonds. The average molecular weight is 479 g/mol. The normalized spacial score (nSPS) is 11.8. The number of amides is 1. The van der Waals surface area contributed by atoms with Gasteiger partial charge >= 0.3 is 0 Å². The standard InChI is InChI=1S/C19H17N3O8S2/c1-31(26,27)18-9-4-13(11-17(18)22(24)25)19(23)21-14-5-7-16(8-6-14)32(28,29)20-12-15-3-2-10-30-15/h2-11,20H,12H2,1H3,(H,21,23). The maximum atomic E-state index is 12.4. The molecule has 0 aliphatic carbocycles. The predicted molar refractivity (Wildman–Crippen MR) is 113 cm³/mol. The highest BCUT2D eigenvalue weighted by Crippen LogP contribution is 2.25. The summed E-state index contributed by atoms with van der Waals surface area (Å²) in [4.78, 5) is 22.2. The molecule has 13 heteroatoms. The molecule has 0 unspecified atom stereocenters. The lowest BCUT2D eigenvalue weighted by Gasteiger charge is -2.09. The van der Waals surface area contributed by atoms with Crippen LogP contribution in [0.3, 0.4) is 0 Å². The van der Waals surface area contributed by atoms with Crippen LogP contribution in [-0.2, 0) is 26.4 Å². The summed E-state index contributed by atoms with van der Waals surface area (Å²) in [5, 5.41) is 13.7. The molecule has 0 fully saturated rings. The molecule has 0 bridgehead atoms. The third-order valence-electron chi connectivity index (χ3n) is 4.26. The number of carbonyl (C=O) groups excluding carboxylic acids is 1. The van der Waals surface area contributed by atoms with Crippen LogP contribution in [0.5, 0.6) is 0 Å². The van der Waals surface area contributed by atoms with E-state index in [1.165, 1.54) is 30.5 Å². The fourth-order valence-electron chi connectivity index (χ4n) is 2.70. The van der Waals surface area contributed by atoms with Crippen LogP contribution in [0.25, 0.3) is 0 Å². The van der Waals surface area contributed by atoms with E-state index in [9.17, 15) is 31.7 Å². The maximum Gasteiger partial charge on any atom is 0.288 e. The van der Waals surface area contributed by atoms with E-state index in [-0.39, 0.29) is 22.7 Å². The van der Waals surface area contributed by atoms with Gasteiger partial charge in [0.2, 0.25) is 10.0 Å². The highest BCUT2D eigenvalue weighted by molar-refractivity contribution is 7.90. The molecule has 2 aromatic carbocycles. The predicted octanol–water partition coefficient (Wildman–Crippen LogP) is 2.32. The number of nitro benzene ring substituents is 1. The number of anilines is 1. The molecular weight excluding hydrogens is 462 g/mol. The molecule has 0 saturated heterocycles.